The molecule has 2 aliphatic heterocycles. The third kappa shape index (κ3) is 7.99. The van der Waals surface area contributed by atoms with E-state index in [1.165, 1.54) is 0 Å². The number of hydrogen-bond acceptors (Lipinski definition) is 7. The second kappa shape index (κ2) is 13.4. The highest BCUT2D eigenvalue weighted by atomic mass is 32.1. The summed E-state index contributed by atoms with van der Waals surface area (Å²) in [6.07, 6.45) is 4.56. The maximum atomic E-state index is 13.8. The van der Waals surface area contributed by atoms with Gasteiger partial charge in [0.1, 0.15) is 11.0 Å². The largest absolute Gasteiger partial charge is 0.477 e. The van der Waals surface area contributed by atoms with E-state index in [0.717, 1.165) is 43.4 Å². The van der Waals surface area contributed by atoms with Gasteiger partial charge in [-0.3, -0.25) is 4.79 Å². The van der Waals surface area contributed by atoms with Crippen LogP contribution in [0.1, 0.15) is 87.2 Å². The number of nitrogens with one attached hydrogen (secondary N) is 1. The zero-order valence-corrected chi connectivity index (χ0v) is 24.8. The van der Waals surface area contributed by atoms with Gasteiger partial charge in [0.25, 0.3) is 0 Å². The number of hydrogen-bond donors (Lipinski definition) is 2. The molecule has 3 aliphatic rings. The van der Waals surface area contributed by atoms with Crippen molar-refractivity contribution in [2.24, 2.45) is 23.2 Å². The minimum atomic E-state index is -1.06. The van der Waals surface area contributed by atoms with Gasteiger partial charge in [-0.1, -0.05) is 18.8 Å². The Morgan fingerprint density at radius 3 is 2.60 bits per heavy atom. The molecule has 9 nitrogen and oxygen atoms in total. The topological polar surface area (TPSA) is 114 Å². The molecule has 4 rings (SSSR count). The summed E-state index contributed by atoms with van der Waals surface area (Å²) in [4.78, 5) is 40.7. The van der Waals surface area contributed by atoms with E-state index >= 15 is 0 Å². The van der Waals surface area contributed by atoms with Gasteiger partial charge >= 0.3 is 12.1 Å². The molecule has 10 heteroatoms. The number of rotatable bonds is 9. The van der Waals surface area contributed by atoms with Crippen LogP contribution in [0, 0.1) is 35.0 Å². The molecule has 1 aromatic rings. The Labute approximate surface area is 240 Å². The lowest BCUT2D eigenvalue weighted by Gasteiger charge is -2.31. The van der Waals surface area contributed by atoms with Crippen molar-refractivity contribution in [2.45, 2.75) is 85.0 Å². The number of carbonyl (C=O) groups excluding carboxylic acids is 2. The van der Waals surface area contributed by atoms with E-state index in [0.29, 0.717) is 55.6 Å². The number of anilines is 1. The first-order chi connectivity index (χ1) is 19.0. The number of alkyl carbamates (subject to hydrolysis) is 1. The van der Waals surface area contributed by atoms with Gasteiger partial charge in [-0.05, 0) is 77.7 Å². The van der Waals surface area contributed by atoms with Crippen LogP contribution in [0.3, 0.4) is 0 Å². The predicted molar refractivity (Wildman–Crippen MR) is 152 cm³/mol. The van der Waals surface area contributed by atoms with Crippen LogP contribution in [0.25, 0.3) is 0 Å². The fourth-order valence-corrected chi connectivity index (χ4v) is 6.29. The lowest BCUT2D eigenvalue weighted by atomic mass is 9.82. The summed E-state index contributed by atoms with van der Waals surface area (Å²) < 4.78 is 16.5. The number of aromatic carboxylic acids is 1. The normalized spacial score (nSPS) is 25.9. The molecule has 220 valence electrons. The smallest absolute Gasteiger partial charge is 0.407 e. The van der Waals surface area contributed by atoms with Crippen molar-refractivity contribution in [1.29, 1.82) is 0 Å². The van der Waals surface area contributed by atoms with Gasteiger partial charge in [0.15, 0.2) is 6.29 Å². The Kier molecular flexibility index (Phi) is 10.1. The van der Waals surface area contributed by atoms with E-state index in [2.05, 4.69) is 24.1 Å². The molecule has 0 spiro atoms. The predicted octanol–water partition coefficient (Wildman–Crippen LogP) is 5.27. The minimum absolute atomic E-state index is 0.0236. The van der Waals surface area contributed by atoms with Gasteiger partial charge in [-0.2, -0.15) is 0 Å². The highest BCUT2D eigenvalue weighted by Gasteiger charge is 2.43. The molecule has 0 bridgehead atoms. The first kappa shape index (κ1) is 30.4. The molecule has 1 aromatic heterocycles. The first-order valence-electron chi connectivity index (χ1n) is 14.4. The van der Waals surface area contributed by atoms with Crippen LogP contribution >= 0.6 is 11.3 Å². The van der Waals surface area contributed by atoms with Crippen molar-refractivity contribution in [3.05, 3.63) is 15.8 Å². The maximum absolute atomic E-state index is 13.8. The summed E-state index contributed by atoms with van der Waals surface area (Å²) in [6.45, 7) is 9.91. The Morgan fingerprint density at radius 1 is 1.15 bits per heavy atom. The summed E-state index contributed by atoms with van der Waals surface area (Å²) in [5.74, 6) is 5.74. The van der Waals surface area contributed by atoms with E-state index in [9.17, 15) is 19.5 Å². The van der Waals surface area contributed by atoms with Crippen LogP contribution in [0.15, 0.2) is 6.07 Å². The molecular weight excluding hydrogens is 532 g/mol. The summed E-state index contributed by atoms with van der Waals surface area (Å²) >= 11 is 1.11. The van der Waals surface area contributed by atoms with Crippen molar-refractivity contribution in [2.75, 3.05) is 31.2 Å². The molecule has 40 heavy (non-hydrogen) atoms. The molecule has 1 aliphatic carbocycles. The monoisotopic (exact) mass is 574 g/mol. The zero-order chi connectivity index (χ0) is 28.9. The number of unbranched alkanes of at least 4 members (excludes halogenated alkanes) is 1. The van der Waals surface area contributed by atoms with Crippen molar-refractivity contribution >= 4 is 35.0 Å². The average molecular weight is 575 g/mol. The van der Waals surface area contributed by atoms with Crippen molar-refractivity contribution in [3.8, 4) is 11.8 Å². The van der Waals surface area contributed by atoms with E-state index in [1.807, 2.05) is 20.8 Å². The van der Waals surface area contributed by atoms with Crippen molar-refractivity contribution in [1.82, 2.24) is 5.32 Å². The maximum Gasteiger partial charge on any atom is 0.407 e. The van der Waals surface area contributed by atoms with Gasteiger partial charge in [-0.15, -0.1) is 11.3 Å². The molecular formula is C30H42N2O7S. The van der Waals surface area contributed by atoms with Gasteiger partial charge < -0.3 is 29.5 Å². The van der Waals surface area contributed by atoms with Crippen molar-refractivity contribution < 1.29 is 33.7 Å². The molecule has 2 unspecified atom stereocenters. The number of nitrogens with zero attached hydrogens (tertiary/aromatic N) is 1. The Bertz CT molecular complexity index is 1120. The molecule has 0 radical (unpaired) electrons. The van der Waals surface area contributed by atoms with Crippen LogP contribution < -0.4 is 10.2 Å². The summed E-state index contributed by atoms with van der Waals surface area (Å²) in [7, 11) is 0. The van der Waals surface area contributed by atoms with Gasteiger partial charge in [0, 0.05) is 24.4 Å². The number of carboxylic acids is 1. The molecule has 3 heterocycles. The highest BCUT2D eigenvalue weighted by Crippen LogP contribution is 2.36. The standard InChI is InChI=1S/C30H42N2O7S/c1-19-7-9-20(10-8-19)26(33)32(23-17-21(11-13-30(2,3)4)40-25(23)27(34)35)15-6-5-14-31-29(36)39-24-18-38-28-22(24)12-16-37-28/h17,19-20,22,24,28H,5-10,12,14-16,18H2,1-4H3,(H,31,36)(H,34,35)/t19-,20-,22?,24?,28-/m0/s1. The van der Waals surface area contributed by atoms with Crippen LogP contribution in [-0.2, 0) is 19.0 Å². The number of thiophene rings is 1. The van der Waals surface area contributed by atoms with Crippen LogP contribution in [-0.4, -0.2) is 61.8 Å². The number of fused-ring (bicyclic) bond motifs is 1. The van der Waals surface area contributed by atoms with E-state index in [4.69, 9.17) is 14.2 Å². The Balaban J connectivity index is 1.39. The number of ether oxygens (including phenoxy) is 3. The zero-order valence-electron chi connectivity index (χ0n) is 24.0. The van der Waals surface area contributed by atoms with Gasteiger partial charge in [-0.25, -0.2) is 9.59 Å². The minimum Gasteiger partial charge on any atom is -0.477 e. The number of amides is 2. The third-order valence-electron chi connectivity index (χ3n) is 7.71. The Hall–Kier alpha value is -2.61. The van der Waals surface area contributed by atoms with E-state index in [1.54, 1.807) is 11.0 Å². The third-order valence-corrected chi connectivity index (χ3v) is 8.74. The van der Waals surface area contributed by atoms with Gasteiger partial charge in [0.05, 0.1) is 29.7 Å². The average Bonchev–Trinajstić information content (AvgIpc) is 3.62. The molecule has 0 aromatic carbocycles. The fraction of sp³-hybridized carbons (Fsp3) is 0.700. The lowest BCUT2D eigenvalue weighted by molar-refractivity contribution is -0.123. The summed E-state index contributed by atoms with van der Waals surface area (Å²) in [6, 6.07) is 1.75. The SMILES string of the molecule is CC(C)(C)C#Cc1cc(N(CCCCNC(=O)OC2CO[C@@H]3OCCC23)C(=O)[C@H]2CC[C@H](C)CC2)c(C(=O)O)s1. The van der Waals surface area contributed by atoms with Crippen molar-refractivity contribution in [3.63, 3.8) is 0 Å². The molecule has 2 amide bonds. The van der Waals surface area contributed by atoms with E-state index in [-0.39, 0.29) is 40.4 Å². The molecule has 2 saturated heterocycles. The van der Waals surface area contributed by atoms with Crippen LogP contribution in [0.2, 0.25) is 0 Å². The summed E-state index contributed by atoms with van der Waals surface area (Å²) in [5.41, 5.74) is 0.189. The Morgan fingerprint density at radius 2 is 1.90 bits per heavy atom. The highest BCUT2D eigenvalue weighted by molar-refractivity contribution is 7.15. The summed E-state index contributed by atoms with van der Waals surface area (Å²) in [5, 5.41) is 12.8. The molecule has 2 N–H and O–H groups in total. The molecule has 1 saturated carbocycles. The quantitative estimate of drug-likeness (QED) is 0.305. The molecule has 3 atom stereocenters. The second-order valence-electron chi connectivity index (χ2n) is 12.2. The van der Waals surface area contributed by atoms with E-state index < -0.39 is 12.1 Å². The van der Waals surface area contributed by atoms with Crippen LogP contribution in [0.5, 0.6) is 0 Å². The first-order valence-corrected chi connectivity index (χ1v) is 15.2. The fourth-order valence-electron chi connectivity index (χ4n) is 5.43. The molecule has 3 fully saturated rings. The number of carbonyl (C=O) groups is 3. The second-order valence-corrected chi connectivity index (χ2v) is 13.2. The van der Waals surface area contributed by atoms with Crippen LogP contribution in [0.4, 0.5) is 10.5 Å². The number of carboxylic acid groups (broad SMARTS) is 1. The van der Waals surface area contributed by atoms with Gasteiger partial charge in [0.2, 0.25) is 5.91 Å². The lowest BCUT2D eigenvalue weighted by Crippen LogP contribution is -2.39.